The van der Waals surface area contributed by atoms with E-state index in [0.29, 0.717) is 18.7 Å². The maximum atomic E-state index is 11.5. The van der Waals surface area contributed by atoms with Crippen LogP contribution >= 0.6 is 0 Å². The summed E-state index contributed by atoms with van der Waals surface area (Å²) in [6, 6.07) is 4.79. The minimum absolute atomic E-state index is 0.0667. The van der Waals surface area contributed by atoms with Crippen molar-refractivity contribution in [2.45, 2.75) is 13.3 Å². The normalized spacial score (nSPS) is 13.9. The molecule has 0 aromatic heterocycles. The molecule has 0 unspecified atom stereocenters. The topological polar surface area (TPSA) is 104 Å². The van der Waals surface area contributed by atoms with Crippen LogP contribution < -0.4 is 9.62 Å². The Morgan fingerprint density at radius 2 is 2.10 bits per heavy atom. The highest BCUT2D eigenvalue weighted by Gasteiger charge is 2.23. The molecule has 0 spiro atoms. The van der Waals surface area contributed by atoms with Crippen molar-refractivity contribution in [2.75, 3.05) is 21.9 Å². The molecule has 2 rings (SSSR count). The third kappa shape index (κ3) is 3.08. The number of aliphatic carboxylic acids is 1. The van der Waals surface area contributed by atoms with Crippen LogP contribution in [0.2, 0.25) is 0 Å². The van der Waals surface area contributed by atoms with Crippen LogP contribution in [0, 0.1) is 0 Å². The average Bonchev–Trinajstić information content (AvgIpc) is 2.69. The number of anilines is 2. The molecule has 2 N–H and O–H groups in total. The van der Waals surface area contributed by atoms with Gasteiger partial charge in [-0.2, -0.15) is 0 Å². The number of carbonyl (C=O) groups excluding carboxylic acids is 1. The van der Waals surface area contributed by atoms with Crippen molar-refractivity contribution >= 4 is 33.3 Å². The highest BCUT2D eigenvalue weighted by atomic mass is 32.2. The number of sulfonamides is 1. The minimum Gasteiger partial charge on any atom is -0.480 e. The lowest BCUT2D eigenvalue weighted by molar-refractivity contribution is -0.134. The van der Waals surface area contributed by atoms with E-state index in [9.17, 15) is 18.0 Å². The quantitative estimate of drug-likeness (QED) is 0.838. The summed E-state index contributed by atoms with van der Waals surface area (Å²) in [6.45, 7) is 2.04. The van der Waals surface area contributed by atoms with Gasteiger partial charge in [0.15, 0.2) is 5.75 Å². The Kier molecular flexibility index (Phi) is 3.67. The number of carboxylic acids is 1. The first kappa shape index (κ1) is 14.3. The molecule has 8 heteroatoms. The molecule has 20 heavy (non-hydrogen) atoms. The van der Waals surface area contributed by atoms with Crippen molar-refractivity contribution in [3.8, 4) is 0 Å². The van der Waals surface area contributed by atoms with E-state index in [1.54, 1.807) is 17.0 Å². The second-order valence-corrected chi connectivity index (χ2v) is 6.24. The molecule has 1 heterocycles. The highest BCUT2D eigenvalue weighted by Crippen LogP contribution is 2.30. The van der Waals surface area contributed by atoms with Gasteiger partial charge in [-0.15, -0.1) is 0 Å². The summed E-state index contributed by atoms with van der Waals surface area (Å²) in [4.78, 5) is 23.5. The van der Waals surface area contributed by atoms with Crippen LogP contribution in [-0.2, 0) is 26.0 Å². The molecule has 0 radical (unpaired) electrons. The van der Waals surface area contributed by atoms with Crippen LogP contribution in [0.1, 0.15) is 12.5 Å². The van der Waals surface area contributed by atoms with E-state index in [-0.39, 0.29) is 5.91 Å². The van der Waals surface area contributed by atoms with E-state index in [1.807, 2.05) is 0 Å². The van der Waals surface area contributed by atoms with Crippen LogP contribution in [0.25, 0.3) is 0 Å². The number of nitrogens with zero attached hydrogens (tertiary/aromatic N) is 1. The highest BCUT2D eigenvalue weighted by molar-refractivity contribution is 7.93. The Morgan fingerprint density at radius 1 is 1.40 bits per heavy atom. The summed E-state index contributed by atoms with van der Waals surface area (Å²) in [5, 5.41) is 8.51. The van der Waals surface area contributed by atoms with Gasteiger partial charge in [0.2, 0.25) is 15.9 Å². The Morgan fingerprint density at radius 3 is 2.70 bits per heavy atom. The molecule has 0 aliphatic carbocycles. The van der Waals surface area contributed by atoms with E-state index in [0.717, 1.165) is 11.3 Å². The first-order valence-electron chi connectivity index (χ1n) is 5.92. The van der Waals surface area contributed by atoms with Gasteiger partial charge in [-0.05, 0) is 30.2 Å². The van der Waals surface area contributed by atoms with Gasteiger partial charge >= 0.3 is 5.97 Å². The van der Waals surface area contributed by atoms with Gasteiger partial charge in [-0.1, -0.05) is 0 Å². The molecule has 0 fully saturated rings. The van der Waals surface area contributed by atoms with Crippen molar-refractivity contribution in [2.24, 2.45) is 0 Å². The van der Waals surface area contributed by atoms with E-state index in [4.69, 9.17) is 5.11 Å². The van der Waals surface area contributed by atoms with Gasteiger partial charge in [-0.25, -0.2) is 8.42 Å². The molecule has 0 saturated carbocycles. The molecule has 108 valence electrons. The van der Waals surface area contributed by atoms with E-state index in [2.05, 4.69) is 4.72 Å². The lowest BCUT2D eigenvalue weighted by Crippen LogP contribution is -2.25. The SMILES string of the molecule is CC(=O)N1CCc2cc(NS(=O)(=O)CC(=O)O)ccc21. The van der Waals surface area contributed by atoms with Gasteiger partial charge in [0.05, 0.1) is 0 Å². The van der Waals surface area contributed by atoms with E-state index in [1.165, 1.54) is 13.0 Å². The number of carboxylic acid groups (broad SMARTS) is 1. The van der Waals surface area contributed by atoms with Gasteiger partial charge in [0.25, 0.3) is 0 Å². The number of amides is 1. The summed E-state index contributed by atoms with van der Waals surface area (Å²) in [5.74, 6) is -2.46. The predicted octanol–water partition coefficient (Wildman–Crippen LogP) is 0.422. The zero-order valence-electron chi connectivity index (χ0n) is 10.8. The Hall–Kier alpha value is -2.09. The van der Waals surface area contributed by atoms with Crippen molar-refractivity contribution in [1.29, 1.82) is 0 Å². The lowest BCUT2D eigenvalue weighted by atomic mass is 10.1. The first-order valence-corrected chi connectivity index (χ1v) is 7.57. The Balaban J connectivity index is 2.22. The van der Waals surface area contributed by atoms with Crippen LogP contribution in [0.3, 0.4) is 0 Å². The monoisotopic (exact) mass is 298 g/mol. The molecule has 0 saturated heterocycles. The first-order chi connectivity index (χ1) is 9.28. The molecular formula is C12H14N2O5S. The number of fused-ring (bicyclic) bond motifs is 1. The number of carbonyl (C=O) groups is 2. The third-order valence-corrected chi connectivity index (χ3v) is 4.12. The molecule has 0 atom stereocenters. The minimum atomic E-state index is -3.91. The summed E-state index contributed by atoms with van der Waals surface area (Å²) < 4.78 is 25.3. The summed E-state index contributed by atoms with van der Waals surface area (Å²) in [6.07, 6.45) is 0.642. The smallest absolute Gasteiger partial charge is 0.320 e. The molecular weight excluding hydrogens is 284 g/mol. The second kappa shape index (κ2) is 5.12. The van der Waals surface area contributed by atoms with Crippen molar-refractivity contribution in [1.82, 2.24) is 0 Å². The molecule has 1 aliphatic rings. The average molecular weight is 298 g/mol. The van der Waals surface area contributed by atoms with Gasteiger partial charge in [0, 0.05) is 24.8 Å². The fourth-order valence-electron chi connectivity index (χ4n) is 2.17. The van der Waals surface area contributed by atoms with E-state index >= 15 is 0 Å². The molecule has 0 bridgehead atoms. The van der Waals surface area contributed by atoms with Gasteiger partial charge < -0.3 is 10.0 Å². The number of nitrogens with one attached hydrogen (secondary N) is 1. The number of hydrogen-bond donors (Lipinski definition) is 2. The van der Waals surface area contributed by atoms with E-state index < -0.39 is 21.7 Å². The molecule has 1 aliphatic heterocycles. The molecule has 7 nitrogen and oxygen atoms in total. The summed E-state index contributed by atoms with van der Waals surface area (Å²) in [7, 11) is -3.91. The predicted molar refractivity (Wildman–Crippen MR) is 73.2 cm³/mol. The van der Waals surface area contributed by atoms with Crippen molar-refractivity contribution in [3.63, 3.8) is 0 Å². The third-order valence-electron chi connectivity index (χ3n) is 2.94. The standard InChI is InChI=1S/C12H14N2O5S/c1-8(15)14-5-4-9-6-10(2-3-11(9)14)13-20(18,19)7-12(16)17/h2-3,6,13H,4-5,7H2,1H3,(H,16,17). The number of rotatable bonds is 4. The molecule has 1 aromatic rings. The maximum Gasteiger partial charge on any atom is 0.320 e. The van der Waals surface area contributed by atoms with Crippen LogP contribution in [-0.4, -0.2) is 37.7 Å². The van der Waals surface area contributed by atoms with Gasteiger partial charge in [0.1, 0.15) is 0 Å². The van der Waals surface area contributed by atoms with Crippen LogP contribution in [0.5, 0.6) is 0 Å². The number of hydrogen-bond acceptors (Lipinski definition) is 4. The number of benzene rings is 1. The Labute approximate surface area is 116 Å². The van der Waals surface area contributed by atoms with Crippen LogP contribution in [0.4, 0.5) is 11.4 Å². The van der Waals surface area contributed by atoms with Crippen molar-refractivity contribution in [3.05, 3.63) is 23.8 Å². The molecule has 1 amide bonds. The van der Waals surface area contributed by atoms with Crippen LogP contribution in [0.15, 0.2) is 18.2 Å². The molecule has 1 aromatic carbocycles. The zero-order valence-corrected chi connectivity index (χ0v) is 11.6. The second-order valence-electron chi connectivity index (χ2n) is 4.52. The summed E-state index contributed by atoms with van der Waals surface area (Å²) in [5.41, 5.74) is 1.92. The lowest BCUT2D eigenvalue weighted by Gasteiger charge is -2.15. The summed E-state index contributed by atoms with van der Waals surface area (Å²) >= 11 is 0. The fraction of sp³-hybridized carbons (Fsp3) is 0.333. The Bertz CT molecular complexity index is 668. The van der Waals surface area contributed by atoms with Crippen molar-refractivity contribution < 1.29 is 23.1 Å². The largest absolute Gasteiger partial charge is 0.480 e. The fourth-order valence-corrected chi connectivity index (χ4v) is 3.05. The maximum absolute atomic E-state index is 11.5. The van der Waals surface area contributed by atoms with Gasteiger partial charge in [-0.3, -0.25) is 14.3 Å². The zero-order chi connectivity index (χ0) is 14.9.